The molecule has 2 N–H and O–H groups in total. The predicted molar refractivity (Wildman–Crippen MR) is 73.7 cm³/mol. The number of aromatic amines is 1. The molecule has 0 aliphatic rings. The van der Waals surface area contributed by atoms with E-state index in [2.05, 4.69) is 15.3 Å². The van der Waals surface area contributed by atoms with Crippen LogP contribution in [0.1, 0.15) is 16.1 Å². The Labute approximate surface area is 110 Å². The highest BCUT2D eigenvalue weighted by atomic mass is 16.1. The van der Waals surface area contributed by atoms with E-state index in [1.807, 2.05) is 42.6 Å². The van der Waals surface area contributed by atoms with Crippen molar-refractivity contribution in [2.75, 3.05) is 0 Å². The minimum absolute atomic E-state index is 0.0756. The number of aromatic nitrogens is 2. The van der Waals surface area contributed by atoms with Crippen LogP contribution in [0.4, 0.5) is 0 Å². The second kappa shape index (κ2) is 4.94. The van der Waals surface area contributed by atoms with Crippen molar-refractivity contribution < 1.29 is 4.79 Å². The van der Waals surface area contributed by atoms with Crippen molar-refractivity contribution in [3.05, 3.63) is 66.2 Å². The molecule has 0 saturated carbocycles. The Bertz CT molecular complexity index is 704. The minimum atomic E-state index is -0.0756. The van der Waals surface area contributed by atoms with Crippen LogP contribution in [0.15, 0.2) is 55.0 Å². The van der Waals surface area contributed by atoms with Gasteiger partial charge in [0.05, 0.1) is 6.54 Å². The number of fused-ring (bicyclic) bond motifs is 1. The van der Waals surface area contributed by atoms with Crippen LogP contribution in [0.25, 0.3) is 10.8 Å². The zero-order valence-electron chi connectivity index (χ0n) is 10.3. The molecule has 0 aliphatic carbocycles. The number of H-pyrrole nitrogens is 1. The predicted octanol–water partition coefficient (Wildman–Crippen LogP) is 2.49. The van der Waals surface area contributed by atoms with Crippen molar-refractivity contribution in [2.45, 2.75) is 6.54 Å². The molecule has 2 aromatic heterocycles. The number of rotatable bonds is 3. The van der Waals surface area contributed by atoms with Gasteiger partial charge in [-0.25, -0.2) is 0 Å². The molecule has 0 bridgehead atoms. The van der Waals surface area contributed by atoms with E-state index in [1.54, 1.807) is 12.4 Å². The second-order valence-corrected chi connectivity index (χ2v) is 4.32. The van der Waals surface area contributed by atoms with Crippen LogP contribution in [0.5, 0.6) is 0 Å². The minimum Gasteiger partial charge on any atom is -0.364 e. The van der Waals surface area contributed by atoms with Crippen LogP contribution in [-0.4, -0.2) is 15.9 Å². The smallest absolute Gasteiger partial charge is 0.251 e. The van der Waals surface area contributed by atoms with Crippen LogP contribution in [0.3, 0.4) is 0 Å². The summed E-state index contributed by atoms with van der Waals surface area (Å²) < 4.78 is 0. The van der Waals surface area contributed by atoms with E-state index < -0.39 is 0 Å². The topological polar surface area (TPSA) is 57.8 Å². The molecule has 3 rings (SSSR count). The van der Waals surface area contributed by atoms with Gasteiger partial charge in [0.15, 0.2) is 0 Å². The maximum atomic E-state index is 12.0. The molecule has 2 heterocycles. The highest BCUT2D eigenvalue weighted by molar-refractivity contribution is 5.98. The fourth-order valence-electron chi connectivity index (χ4n) is 1.98. The molecule has 0 unspecified atom stereocenters. The zero-order chi connectivity index (χ0) is 13.1. The number of hydrogen-bond donors (Lipinski definition) is 2. The summed E-state index contributed by atoms with van der Waals surface area (Å²) in [4.78, 5) is 19.1. The molecule has 0 spiro atoms. The number of pyridine rings is 1. The maximum absolute atomic E-state index is 12.0. The Balaban J connectivity index is 1.77. The Morgan fingerprint density at radius 2 is 2.16 bits per heavy atom. The second-order valence-electron chi connectivity index (χ2n) is 4.32. The normalized spacial score (nSPS) is 10.5. The molecule has 0 radical (unpaired) electrons. The van der Waals surface area contributed by atoms with E-state index in [9.17, 15) is 4.79 Å². The lowest BCUT2D eigenvalue weighted by atomic mass is 10.1. The van der Waals surface area contributed by atoms with Crippen molar-refractivity contribution in [3.8, 4) is 0 Å². The van der Waals surface area contributed by atoms with Crippen LogP contribution < -0.4 is 5.32 Å². The van der Waals surface area contributed by atoms with Crippen molar-refractivity contribution >= 4 is 16.7 Å². The number of nitrogens with zero attached hydrogens (tertiary/aromatic N) is 1. The molecule has 0 atom stereocenters. The van der Waals surface area contributed by atoms with Crippen LogP contribution >= 0.6 is 0 Å². The molecule has 19 heavy (non-hydrogen) atoms. The van der Waals surface area contributed by atoms with E-state index in [4.69, 9.17) is 0 Å². The Morgan fingerprint density at radius 3 is 3.00 bits per heavy atom. The van der Waals surface area contributed by atoms with Crippen molar-refractivity contribution in [1.29, 1.82) is 0 Å². The molecule has 1 amide bonds. The fourth-order valence-corrected chi connectivity index (χ4v) is 1.98. The van der Waals surface area contributed by atoms with E-state index in [-0.39, 0.29) is 5.91 Å². The van der Waals surface area contributed by atoms with E-state index in [0.717, 1.165) is 16.5 Å². The van der Waals surface area contributed by atoms with Gasteiger partial charge in [-0.15, -0.1) is 0 Å². The number of carbonyl (C=O) groups is 1. The van der Waals surface area contributed by atoms with E-state index in [1.165, 1.54) is 0 Å². The standard InChI is InChI=1S/C15H13N3O/c19-15(18-10-14-2-1-6-17-14)12-3-4-13-9-16-7-5-11(13)8-12/h1-9,17H,10H2,(H,18,19). The molecule has 0 fully saturated rings. The molecular weight excluding hydrogens is 238 g/mol. The lowest BCUT2D eigenvalue weighted by Crippen LogP contribution is -2.22. The largest absolute Gasteiger partial charge is 0.364 e. The Hall–Kier alpha value is -2.62. The van der Waals surface area contributed by atoms with Crippen molar-refractivity contribution in [2.24, 2.45) is 0 Å². The molecular formula is C15H13N3O. The first-order chi connectivity index (χ1) is 9.33. The zero-order valence-corrected chi connectivity index (χ0v) is 10.3. The number of nitrogens with one attached hydrogen (secondary N) is 2. The summed E-state index contributed by atoms with van der Waals surface area (Å²) in [5.74, 6) is -0.0756. The fraction of sp³-hybridized carbons (Fsp3) is 0.0667. The summed E-state index contributed by atoms with van der Waals surface area (Å²) in [6.45, 7) is 0.500. The molecule has 3 aromatic rings. The van der Waals surface area contributed by atoms with Crippen LogP contribution in [-0.2, 0) is 6.54 Å². The molecule has 4 heteroatoms. The molecule has 1 aromatic carbocycles. The molecule has 94 valence electrons. The van der Waals surface area contributed by atoms with Gasteiger partial charge in [-0.05, 0) is 35.7 Å². The first kappa shape index (κ1) is 11.5. The van der Waals surface area contributed by atoms with Gasteiger partial charge >= 0.3 is 0 Å². The van der Waals surface area contributed by atoms with Gasteiger partial charge in [0.1, 0.15) is 0 Å². The summed E-state index contributed by atoms with van der Waals surface area (Å²) in [5.41, 5.74) is 1.64. The van der Waals surface area contributed by atoms with Crippen molar-refractivity contribution in [1.82, 2.24) is 15.3 Å². The number of amides is 1. The Morgan fingerprint density at radius 1 is 1.21 bits per heavy atom. The summed E-state index contributed by atoms with van der Waals surface area (Å²) >= 11 is 0. The van der Waals surface area contributed by atoms with Gasteiger partial charge in [0.25, 0.3) is 5.91 Å². The lowest BCUT2D eigenvalue weighted by Gasteiger charge is -2.05. The third kappa shape index (κ3) is 2.47. The van der Waals surface area contributed by atoms with Gasteiger partial charge < -0.3 is 10.3 Å². The van der Waals surface area contributed by atoms with Crippen molar-refractivity contribution in [3.63, 3.8) is 0 Å². The van der Waals surface area contributed by atoms with E-state index >= 15 is 0 Å². The SMILES string of the molecule is O=C(NCc1ccc[nH]1)c1ccc2cnccc2c1. The average molecular weight is 251 g/mol. The van der Waals surface area contributed by atoms with E-state index in [0.29, 0.717) is 12.1 Å². The molecule has 0 saturated heterocycles. The third-order valence-corrected chi connectivity index (χ3v) is 3.00. The summed E-state index contributed by atoms with van der Waals surface area (Å²) in [6, 6.07) is 11.3. The first-order valence-corrected chi connectivity index (χ1v) is 6.07. The summed E-state index contributed by atoms with van der Waals surface area (Å²) in [6.07, 6.45) is 5.35. The van der Waals surface area contributed by atoms with Gasteiger partial charge in [-0.1, -0.05) is 6.07 Å². The van der Waals surface area contributed by atoms with Gasteiger partial charge in [-0.2, -0.15) is 0 Å². The Kier molecular flexibility index (Phi) is 2.98. The number of hydrogen-bond acceptors (Lipinski definition) is 2. The third-order valence-electron chi connectivity index (χ3n) is 3.00. The average Bonchev–Trinajstić information content (AvgIpc) is 2.97. The summed E-state index contributed by atoms with van der Waals surface area (Å²) in [5, 5.41) is 4.93. The summed E-state index contributed by atoms with van der Waals surface area (Å²) in [7, 11) is 0. The maximum Gasteiger partial charge on any atom is 0.251 e. The van der Waals surface area contributed by atoms with Crippen LogP contribution in [0, 0.1) is 0 Å². The highest BCUT2D eigenvalue weighted by Gasteiger charge is 2.06. The number of benzene rings is 1. The molecule has 0 aliphatic heterocycles. The molecule has 4 nitrogen and oxygen atoms in total. The van der Waals surface area contributed by atoms with Crippen LogP contribution in [0.2, 0.25) is 0 Å². The lowest BCUT2D eigenvalue weighted by molar-refractivity contribution is 0.0950. The van der Waals surface area contributed by atoms with Gasteiger partial charge in [0.2, 0.25) is 0 Å². The quantitative estimate of drug-likeness (QED) is 0.751. The first-order valence-electron chi connectivity index (χ1n) is 6.07. The van der Waals surface area contributed by atoms with Gasteiger partial charge in [-0.3, -0.25) is 9.78 Å². The number of carbonyl (C=O) groups excluding carboxylic acids is 1. The highest BCUT2D eigenvalue weighted by Crippen LogP contribution is 2.14. The van der Waals surface area contributed by atoms with Gasteiger partial charge in [0, 0.05) is 35.2 Å². The monoisotopic (exact) mass is 251 g/mol.